The zero-order valence-corrected chi connectivity index (χ0v) is 18.3. The van der Waals surface area contributed by atoms with Crippen LogP contribution in [0.4, 0.5) is 8.78 Å². The number of aryl methyl sites for hydroxylation is 2. The maximum Gasteiger partial charge on any atom is 0.530 e. The highest BCUT2D eigenvalue weighted by Gasteiger charge is 2.57. The predicted molar refractivity (Wildman–Crippen MR) is 107 cm³/mol. The number of alkyl halides is 1. The molecule has 1 aromatic heterocycles. The highest BCUT2D eigenvalue weighted by molar-refractivity contribution is 7.71. The SMILES string of the molecule is [2H]C([2H])(OP1(=O)OCc2cc(C)cc(C)c2O1)[C@@]1(F)O[C@@H](n2cc(F)c(=O)[nH]c2=S)[C@H](O)[C@@H]1O. The molecule has 5 atom stereocenters. The highest BCUT2D eigenvalue weighted by atomic mass is 32.1. The van der Waals surface area contributed by atoms with Crippen molar-refractivity contribution in [3.05, 3.63) is 56.0 Å². The van der Waals surface area contributed by atoms with Gasteiger partial charge in [-0.1, -0.05) is 17.7 Å². The smallest absolute Gasteiger partial charge is 0.403 e. The molecule has 10 nitrogen and oxygen atoms in total. The number of rotatable bonds is 4. The first-order valence-corrected chi connectivity index (χ1v) is 11.0. The summed E-state index contributed by atoms with van der Waals surface area (Å²) in [4.78, 5) is 13.3. The van der Waals surface area contributed by atoms with Gasteiger partial charge in [0.2, 0.25) is 5.82 Å². The van der Waals surface area contributed by atoms with Gasteiger partial charge in [-0.2, -0.15) is 4.39 Å². The average Bonchev–Trinajstić information content (AvgIpc) is 2.96. The summed E-state index contributed by atoms with van der Waals surface area (Å²) in [5.74, 6) is -5.12. The van der Waals surface area contributed by atoms with Gasteiger partial charge >= 0.3 is 7.82 Å². The molecule has 2 aliphatic heterocycles. The van der Waals surface area contributed by atoms with E-state index in [1.54, 1.807) is 19.1 Å². The second kappa shape index (κ2) is 8.10. The number of hydrogen-bond acceptors (Lipinski definition) is 9. The number of H-pyrrole nitrogens is 1. The molecule has 2 aliphatic rings. The van der Waals surface area contributed by atoms with Crippen LogP contribution < -0.4 is 10.1 Å². The Bertz CT molecular complexity index is 1320. The summed E-state index contributed by atoms with van der Waals surface area (Å²) in [6.45, 7) is -0.573. The van der Waals surface area contributed by atoms with E-state index in [-0.39, 0.29) is 12.4 Å². The number of nitrogens with one attached hydrogen (secondary N) is 1. The Labute approximate surface area is 187 Å². The fraction of sp³-hybridized carbons (Fsp3) is 0.444. The number of halogens is 2. The van der Waals surface area contributed by atoms with E-state index >= 15 is 4.39 Å². The second-order valence-corrected chi connectivity index (χ2v) is 9.21. The third kappa shape index (κ3) is 4.05. The summed E-state index contributed by atoms with van der Waals surface area (Å²) < 4.78 is 78.7. The van der Waals surface area contributed by atoms with Crippen LogP contribution in [0.1, 0.15) is 25.7 Å². The molecule has 32 heavy (non-hydrogen) atoms. The van der Waals surface area contributed by atoms with Crippen LogP contribution in [0.3, 0.4) is 0 Å². The number of nitrogens with zero attached hydrogens (tertiary/aromatic N) is 1. The molecule has 0 amide bonds. The Morgan fingerprint density at radius 1 is 1.47 bits per heavy atom. The number of hydrogen-bond donors (Lipinski definition) is 3. The van der Waals surface area contributed by atoms with Gasteiger partial charge in [-0.3, -0.25) is 23.4 Å². The third-order valence-electron chi connectivity index (χ3n) is 4.86. The van der Waals surface area contributed by atoms with Crippen LogP contribution in [-0.2, 0) is 25.0 Å². The zero-order chi connectivity index (χ0) is 25.2. The molecule has 174 valence electrons. The van der Waals surface area contributed by atoms with Gasteiger partial charge in [0.05, 0.1) is 15.5 Å². The van der Waals surface area contributed by atoms with Crippen molar-refractivity contribution in [3.8, 4) is 5.75 Å². The van der Waals surface area contributed by atoms with Crippen LogP contribution in [0, 0.1) is 24.4 Å². The number of aromatic nitrogens is 2. The molecule has 0 saturated carbocycles. The van der Waals surface area contributed by atoms with Gasteiger partial charge in [0.25, 0.3) is 11.4 Å². The van der Waals surface area contributed by atoms with E-state index < -0.39 is 54.8 Å². The normalized spacial score (nSPS) is 33.2. The highest BCUT2D eigenvalue weighted by Crippen LogP contribution is 2.56. The van der Waals surface area contributed by atoms with E-state index in [4.69, 9.17) is 33.3 Å². The molecule has 1 aromatic carbocycles. The first kappa shape index (κ1) is 20.6. The Morgan fingerprint density at radius 2 is 2.19 bits per heavy atom. The number of benzene rings is 1. The van der Waals surface area contributed by atoms with Crippen LogP contribution in [0.5, 0.6) is 5.75 Å². The predicted octanol–water partition coefficient (Wildman–Crippen LogP) is 2.31. The first-order valence-electron chi connectivity index (χ1n) is 10.2. The van der Waals surface area contributed by atoms with Crippen LogP contribution in [0.25, 0.3) is 0 Å². The standard InChI is InChI=1S/C18H19F2N2O8PS/c1-8-3-9(2)13-10(4-8)6-27-31(26,30-13)28-7-18(20)14(24)12(23)16(29-18)22-5-11(19)15(25)21-17(22)32/h3-5,12,14,16,23-24H,6-7H2,1-2H3,(H,21,25,32)/t12-,14+,16-,18-,31?/m1/s1/i7D2. The van der Waals surface area contributed by atoms with E-state index in [0.29, 0.717) is 21.9 Å². The molecular weight excluding hydrogens is 473 g/mol. The van der Waals surface area contributed by atoms with Crippen LogP contribution in [0.15, 0.2) is 23.1 Å². The van der Waals surface area contributed by atoms with Gasteiger partial charge < -0.3 is 19.5 Å². The number of ether oxygens (including phenoxy) is 1. The Morgan fingerprint density at radius 3 is 2.91 bits per heavy atom. The maximum absolute atomic E-state index is 15.8. The van der Waals surface area contributed by atoms with E-state index in [2.05, 4.69) is 0 Å². The van der Waals surface area contributed by atoms with Gasteiger partial charge in [0.1, 0.15) is 24.5 Å². The minimum Gasteiger partial charge on any atom is -0.403 e. The van der Waals surface area contributed by atoms with Crippen LogP contribution >= 0.6 is 20.0 Å². The topological polar surface area (TPSA) is 132 Å². The lowest BCUT2D eigenvalue weighted by Gasteiger charge is -2.29. The summed E-state index contributed by atoms with van der Waals surface area (Å²) >= 11 is 4.84. The van der Waals surface area contributed by atoms with Gasteiger partial charge in [0, 0.05) is 5.56 Å². The van der Waals surface area contributed by atoms with Gasteiger partial charge in [-0.25, -0.2) is 8.96 Å². The summed E-state index contributed by atoms with van der Waals surface area (Å²) in [6, 6.07) is 3.40. The van der Waals surface area contributed by atoms with Gasteiger partial charge in [-0.05, 0) is 31.6 Å². The molecule has 0 aliphatic carbocycles. The summed E-state index contributed by atoms with van der Waals surface area (Å²) in [6.07, 6.45) is -6.34. The summed E-state index contributed by atoms with van der Waals surface area (Å²) in [7, 11) is -4.79. The molecule has 1 fully saturated rings. The van der Waals surface area contributed by atoms with Gasteiger partial charge in [-0.15, -0.1) is 0 Å². The molecule has 4 rings (SSSR count). The van der Waals surface area contributed by atoms with Crippen molar-refractivity contribution in [1.82, 2.24) is 9.55 Å². The maximum atomic E-state index is 15.8. The van der Waals surface area contributed by atoms with E-state index in [1.165, 1.54) is 0 Å². The van der Waals surface area contributed by atoms with Crippen molar-refractivity contribution in [1.29, 1.82) is 0 Å². The third-order valence-corrected chi connectivity index (χ3v) is 6.34. The molecule has 0 bridgehead atoms. The molecule has 3 heterocycles. The van der Waals surface area contributed by atoms with Crippen molar-refractivity contribution >= 4 is 20.0 Å². The van der Waals surface area contributed by atoms with Crippen molar-refractivity contribution < 1.29 is 44.6 Å². The number of aromatic amines is 1. The van der Waals surface area contributed by atoms with Crippen molar-refractivity contribution in [2.45, 2.75) is 44.7 Å². The van der Waals surface area contributed by atoms with E-state index in [9.17, 15) is 24.0 Å². The van der Waals surface area contributed by atoms with Crippen LogP contribution in [-0.4, -0.2) is 44.4 Å². The van der Waals surface area contributed by atoms with Crippen LogP contribution in [0.2, 0.25) is 0 Å². The lowest BCUT2D eigenvalue weighted by molar-refractivity contribution is -0.205. The van der Waals surface area contributed by atoms with Gasteiger partial charge in [0.15, 0.2) is 11.0 Å². The largest absolute Gasteiger partial charge is 0.530 e. The fourth-order valence-electron chi connectivity index (χ4n) is 3.38. The van der Waals surface area contributed by atoms with Crippen molar-refractivity contribution in [2.75, 3.05) is 6.56 Å². The lowest BCUT2D eigenvalue weighted by Crippen LogP contribution is -2.43. The van der Waals surface area contributed by atoms with E-state index in [0.717, 1.165) is 5.56 Å². The van der Waals surface area contributed by atoms with E-state index in [1.807, 2.05) is 11.9 Å². The fourth-order valence-corrected chi connectivity index (χ4v) is 4.79. The number of aliphatic hydroxyl groups is 2. The second-order valence-electron chi connectivity index (χ2n) is 7.31. The zero-order valence-electron chi connectivity index (χ0n) is 18.6. The average molecular weight is 494 g/mol. The molecule has 0 spiro atoms. The minimum absolute atomic E-state index is 0.102. The van der Waals surface area contributed by atoms with Crippen molar-refractivity contribution in [2.24, 2.45) is 0 Å². The lowest BCUT2D eigenvalue weighted by atomic mass is 10.1. The molecule has 1 saturated heterocycles. The number of aliphatic hydroxyl groups excluding tert-OH is 2. The van der Waals surface area contributed by atoms with Crippen molar-refractivity contribution in [3.63, 3.8) is 0 Å². The number of phosphoric ester groups is 1. The summed E-state index contributed by atoms with van der Waals surface area (Å²) in [5.41, 5.74) is 0.707. The Hall–Kier alpha value is -1.99. The number of fused-ring (bicyclic) bond motifs is 1. The molecule has 0 radical (unpaired) electrons. The molecule has 14 heteroatoms. The molecular formula is C18H19F2N2O8PS. The molecule has 2 aromatic rings. The quantitative estimate of drug-likeness (QED) is 0.433. The first-order chi connectivity index (χ1) is 15.7. The summed E-state index contributed by atoms with van der Waals surface area (Å²) in [5, 5.41) is 20.6. The Kier molecular flexibility index (Phi) is 5.22. The monoisotopic (exact) mass is 494 g/mol. The molecule has 1 unspecified atom stereocenters. The molecule has 3 N–H and O–H groups in total. The Balaban J connectivity index is 1.64. The minimum atomic E-state index is -4.79. The number of phosphoric acid groups is 1.